The van der Waals surface area contributed by atoms with Crippen LogP contribution in [0.5, 0.6) is 0 Å². The van der Waals surface area contributed by atoms with Gasteiger partial charge < -0.3 is 9.84 Å². The molecule has 0 aromatic heterocycles. The van der Waals surface area contributed by atoms with Gasteiger partial charge in [0.2, 0.25) is 0 Å². The summed E-state index contributed by atoms with van der Waals surface area (Å²) >= 11 is 0. The van der Waals surface area contributed by atoms with E-state index in [1.807, 2.05) is 13.8 Å². The van der Waals surface area contributed by atoms with Crippen LogP contribution in [0.2, 0.25) is 0 Å². The minimum absolute atomic E-state index is 0.0814. The highest BCUT2D eigenvalue weighted by atomic mass is 19.3. The summed E-state index contributed by atoms with van der Waals surface area (Å²) in [6.45, 7) is 5.69. The molecule has 5 atom stereocenters. The molecule has 2 bridgehead atoms. The average Bonchev–Trinajstić information content (AvgIpc) is 2.36. The molecule has 0 radical (unpaired) electrons. The van der Waals surface area contributed by atoms with E-state index in [1.165, 1.54) is 0 Å². The average molecular weight is 220 g/mol. The lowest BCUT2D eigenvalue weighted by molar-refractivity contribution is -0.176. The molecule has 0 aromatic rings. The van der Waals surface area contributed by atoms with Crippen molar-refractivity contribution >= 4 is 0 Å². The fourth-order valence-electron chi connectivity index (χ4n) is 3.19. The zero-order valence-electron chi connectivity index (χ0n) is 9.28. The SMILES string of the molecule is CC(C)[C@@H]1[C@H](C)[C@@H]2O[C@@H](CC2(F)F)[C@H]1O. The lowest BCUT2D eigenvalue weighted by atomic mass is 9.76. The van der Waals surface area contributed by atoms with Crippen molar-refractivity contribution in [3.05, 3.63) is 0 Å². The summed E-state index contributed by atoms with van der Waals surface area (Å²) in [5.41, 5.74) is 0. The van der Waals surface area contributed by atoms with E-state index in [9.17, 15) is 13.9 Å². The Labute approximate surface area is 88.6 Å². The minimum Gasteiger partial charge on any atom is -0.390 e. The minimum atomic E-state index is -2.77. The molecule has 2 heterocycles. The van der Waals surface area contributed by atoms with Crippen molar-refractivity contribution in [2.45, 2.75) is 51.4 Å². The number of aliphatic hydroxyl groups is 1. The summed E-state index contributed by atoms with van der Waals surface area (Å²) in [7, 11) is 0. The van der Waals surface area contributed by atoms with E-state index in [1.54, 1.807) is 6.92 Å². The second-order valence-corrected chi connectivity index (χ2v) is 5.23. The maximum absolute atomic E-state index is 13.5. The van der Waals surface area contributed by atoms with Gasteiger partial charge in [-0.25, -0.2) is 8.78 Å². The van der Waals surface area contributed by atoms with Crippen LogP contribution in [0.1, 0.15) is 27.2 Å². The summed E-state index contributed by atoms with van der Waals surface area (Å²) in [6, 6.07) is 0. The van der Waals surface area contributed by atoms with Gasteiger partial charge >= 0.3 is 0 Å². The zero-order chi connectivity index (χ0) is 11.4. The predicted octanol–water partition coefficient (Wildman–Crippen LogP) is 2.06. The van der Waals surface area contributed by atoms with Gasteiger partial charge in [-0.05, 0) is 17.8 Å². The van der Waals surface area contributed by atoms with Crippen molar-refractivity contribution < 1.29 is 18.6 Å². The third-order valence-corrected chi connectivity index (χ3v) is 3.84. The van der Waals surface area contributed by atoms with Crippen LogP contribution in [0, 0.1) is 17.8 Å². The van der Waals surface area contributed by atoms with E-state index in [0.717, 1.165) is 0 Å². The first-order valence-electron chi connectivity index (χ1n) is 5.56. The Bertz CT molecular complexity index is 255. The van der Waals surface area contributed by atoms with Gasteiger partial charge in [0, 0.05) is 6.42 Å². The van der Waals surface area contributed by atoms with Gasteiger partial charge in [-0.3, -0.25) is 0 Å². The molecule has 2 aliphatic rings. The Kier molecular flexibility index (Phi) is 2.54. The Morgan fingerprint density at radius 2 is 2.00 bits per heavy atom. The number of hydrogen-bond donors (Lipinski definition) is 1. The summed E-state index contributed by atoms with van der Waals surface area (Å²) in [4.78, 5) is 0. The molecule has 0 unspecified atom stereocenters. The molecule has 0 spiro atoms. The molecule has 88 valence electrons. The second kappa shape index (κ2) is 3.39. The van der Waals surface area contributed by atoms with Crippen LogP contribution in [-0.4, -0.2) is 29.3 Å². The van der Waals surface area contributed by atoms with Crippen molar-refractivity contribution in [1.82, 2.24) is 0 Å². The molecule has 0 saturated carbocycles. The van der Waals surface area contributed by atoms with Gasteiger partial charge in [0.05, 0.1) is 12.2 Å². The van der Waals surface area contributed by atoms with E-state index in [0.29, 0.717) is 0 Å². The molecule has 2 saturated heterocycles. The van der Waals surface area contributed by atoms with E-state index in [4.69, 9.17) is 4.74 Å². The molecule has 0 aliphatic carbocycles. The van der Waals surface area contributed by atoms with E-state index < -0.39 is 24.2 Å². The summed E-state index contributed by atoms with van der Waals surface area (Å²) < 4.78 is 32.3. The first-order valence-corrected chi connectivity index (χ1v) is 5.56. The van der Waals surface area contributed by atoms with Crippen molar-refractivity contribution in [1.29, 1.82) is 0 Å². The van der Waals surface area contributed by atoms with Gasteiger partial charge in [-0.2, -0.15) is 0 Å². The van der Waals surface area contributed by atoms with E-state index >= 15 is 0 Å². The van der Waals surface area contributed by atoms with Crippen LogP contribution in [0.4, 0.5) is 8.78 Å². The van der Waals surface area contributed by atoms with Crippen molar-refractivity contribution in [2.75, 3.05) is 0 Å². The summed E-state index contributed by atoms with van der Waals surface area (Å²) in [5.74, 6) is -2.93. The zero-order valence-corrected chi connectivity index (χ0v) is 9.28. The second-order valence-electron chi connectivity index (χ2n) is 5.23. The summed E-state index contributed by atoms with van der Waals surface area (Å²) in [5, 5.41) is 9.97. The molecule has 2 aliphatic heterocycles. The van der Waals surface area contributed by atoms with Crippen LogP contribution < -0.4 is 0 Å². The molecule has 0 amide bonds. The third-order valence-electron chi connectivity index (χ3n) is 3.84. The number of halogens is 2. The lowest BCUT2D eigenvalue weighted by Gasteiger charge is -2.41. The number of rotatable bonds is 1. The van der Waals surface area contributed by atoms with Crippen LogP contribution in [-0.2, 0) is 4.74 Å². The molecular weight excluding hydrogens is 202 g/mol. The number of aliphatic hydroxyl groups excluding tert-OH is 1. The quantitative estimate of drug-likeness (QED) is 0.733. The van der Waals surface area contributed by atoms with Crippen molar-refractivity contribution in [3.8, 4) is 0 Å². The highest BCUT2D eigenvalue weighted by Gasteiger charge is 2.61. The number of ether oxygens (including phenoxy) is 1. The lowest BCUT2D eigenvalue weighted by Crippen LogP contribution is -2.49. The topological polar surface area (TPSA) is 29.5 Å². The smallest absolute Gasteiger partial charge is 0.276 e. The monoisotopic (exact) mass is 220 g/mol. The molecule has 2 rings (SSSR count). The van der Waals surface area contributed by atoms with Gasteiger partial charge in [-0.1, -0.05) is 20.8 Å². The predicted molar refractivity (Wildman–Crippen MR) is 51.7 cm³/mol. The van der Waals surface area contributed by atoms with Gasteiger partial charge in [0.15, 0.2) is 0 Å². The molecule has 15 heavy (non-hydrogen) atoms. The first kappa shape index (κ1) is 11.3. The van der Waals surface area contributed by atoms with Crippen molar-refractivity contribution in [2.24, 2.45) is 17.8 Å². The molecule has 1 N–H and O–H groups in total. The third kappa shape index (κ3) is 1.58. The number of fused-ring (bicyclic) bond motifs is 2. The summed E-state index contributed by atoms with van der Waals surface area (Å²) in [6.07, 6.45) is -2.75. The molecule has 4 heteroatoms. The van der Waals surface area contributed by atoms with Crippen LogP contribution in [0.25, 0.3) is 0 Å². The standard InChI is InChI=1S/C11H18F2O2/c1-5(2)8-6(3)10-11(12,13)4-7(15-10)9(8)14/h5-10,14H,4H2,1-3H3/t6-,7-,8+,9+,10-/m0/s1. The van der Waals surface area contributed by atoms with Crippen LogP contribution in [0.15, 0.2) is 0 Å². The number of hydrogen-bond acceptors (Lipinski definition) is 2. The highest BCUT2D eigenvalue weighted by molar-refractivity contribution is 5.03. The largest absolute Gasteiger partial charge is 0.390 e. The fourth-order valence-corrected chi connectivity index (χ4v) is 3.19. The van der Waals surface area contributed by atoms with Crippen molar-refractivity contribution in [3.63, 3.8) is 0 Å². The molecule has 0 aromatic carbocycles. The van der Waals surface area contributed by atoms with Gasteiger partial charge in [-0.15, -0.1) is 0 Å². The maximum atomic E-state index is 13.5. The van der Waals surface area contributed by atoms with Crippen LogP contribution in [0.3, 0.4) is 0 Å². The molecular formula is C11H18F2O2. The molecule has 2 nitrogen and oxygen atoms in total. The first-order chi connectivity index (χ1) is 6.84. The van der Waals surface area contributed by atoms with Gasteiger partial charge in [0.1, 0.15) is 6.10 Å². The molecule has 2 fully saturated rings. The van der Waals surface area contributed by atoms with Crippen LogP contribution >= 0.6 is 0 Å². The Hall–Kier alpha value is -0.220. The Morgan fingerprint density at radius 1 is 1.40 bits per heavy atom. The number of alkyl halides is 2. The maximum Gasteiger partial charge on any atom is 0.276 e. The Balaban J connectivity index is 2.27. The van der Waals surface area contributed by atoms with E-state index in [-0.39, 0.29) is 24.2 Å². The highest BCUT2D eigenvalue weighted by Crippen LogP contribution is 2.49. The van der Waals surface area contributed by atoms with Gasteiger partial charge in [0.25, 0.3) is 5.92 Å². The normalized spacial score (nSPS) is 48.6. The van der Waals surface area contributed by atoms with E-state index in [2.05, 4.69) is 0 Å². The fraction of sp³-hybridized carbons (Fsp3) is 1.00. The Morgan fingerprint density at radius 3 is 2.53 bits per heavy atom.